The van der Waals surface area contributed by atoms with Crippen LogP contribution < -0.4 is 9.47 Å². The molecule has 0 spiro atoms. The fourth-order valence-corrected chi connectivity index (χ4v) is 7.25. The maximum Gasteiger partial charge on any atom is 0.306 e. The van der Waals surface area contributed by atoms with Crippen molar-refractivity contribution in [3.63, 3.8) is 0 Å². The van der Waals surface area contributed by atoms with Gasteiger partial charge in [-0.15, -0.1) is 5.10 Å². The Kier molecular flexibility index (Phi) is 8.73. The Morgan fingerprint density at radius 1 is 1.11 bits per heavy atom. The van der Waals surface area contributed by atoms with Gasteiger partial charge in [-0.2, -0.15) is 4.31 Å². The van der Waals surface area contributed by atoms with Gasteiger partial charge in [0.2, 0.25) is 10.0 Å². The third-order valence-corrected chi connectivity index (χ3v) is 9.69. The molecule has 0 amide bonds. The molecule has 0 saturated heterocycles. The van der Waals surface area contributed by atoms with E-state index >= 15 is 0 Å². The molecule has 0 radical (unpaired) electrons. The van der Waals surface area contributed by atoms with Crippen molar-refractivity contribution in [2.75, 3.05) is 20.3 Å². The number of nitrogens with zero attached hydrogens (tertiary/aromatic N) is 4. The van der Waals surface area contributed by atoms with Crippen LogP contribution in [0.3, 0.4) is 0 Å². The quantitative estimate of drug-likeness (QED) is 0.235. The van der Waals surface area contributed by atoms with Crippen LogP contribution in [0.2, 0.25) is 0 Å². The van der Waals surface area contributed by atoms with E-state index in [0.717, 1.165) is 27.8 Å². The van der Waals surface area contributed by atoms with Crippen molar-refractivity contribution in [2.45, 2.75) is 77.0 Å². The lowest BCUT2D eigenvalue weighted by molar-refractivity contribution is -0.143. The predicted molar refractivity (Wildman–Crippen MR) is 167 cm³/mol. The number of aryl methyl sites for hydroxylation is 1. The Morgan fingerprint density at radius 3 is 2.57 bits per heavy atom. The molecule has 0 fully saturated rings. The van der Waals surface area contributed by atoms with Gasteiger partial charge in [-0.25, -0.2) is 13.1 Å². The molecule has 3 aromatic carbocycles. The van der Waals surface area contributed by atoms with Crippen LogP contribution in [0.1, 0.15) is 69.2 Å². The molecular weight excluding hydrogens is 580 g/mol. The lowest BCUT2D eigenvalue weighted by Crippen LogP contribution is -2.35. The lowest BCUT2D eigenvalue weighted by Gasteiger charge is -2.24. The minimum atomic E-state index is -3.82. The Bertz CT molecular complexity index is 1790. The Hall–Kier alpha value is -3.96. The predicted octanol–water partition coefficient (Wildman–Crippen LogP) is 5.56. The van der Waals surface area contributed by atoms with Crippen molar-refractivity contribution in [3.8, 4) is 11.5 Å². The molecule has 4 aromatic rings. The van der Waals surface area contributed by atoms with Crippen molar-refractivity contribution in [3.05, 3.63) is 76.9 Å². The minimum absolute atomic E-state index is 0.0820. The molecular formula is C33H40N4O6S. The summed E-state index contributed by atoms with van der Waals surface area (Å²) in [6.45, 7) is 12.3. The topological polar surface area (TPSA) is 113 Å². The van der Waals surface area contributed by atoms with Crippen molar-refractivity contribution in [2.24, 2.45) is 0 Å². The molecule has 44 heavy (non-hydrogen) atoms. The smallest absolute Gasteiger partial charge is 0.306 e. The van der Waals surface area contributed by atoms with Gasteiger partial charge in [-0.3, -0.25) is 4.79 Å². The van der Waals surface area contributed by atoms with Crippen LogP contribution in [0, 0.1) is 6.92 Å². The first-order valence-corrected chi connectivity index (χ1v) is 16.2. The van der Waals surface area contributed by atoms with Crippen LogP contribution in [-0.4, -0.2) is 60.1 Å². The van der Waals surface area contributed by atoms with Crippen LogP contribution in [0.4, 0.5) is 0 Å². The zero-order valence-corrected chi connectivity index (χ0v) is 27.1. The van der Waals surface area contributed by atoms with Crippen LogP contribution >= 0.6 is 0 Å². The normalized spacial score (nSPS) is 17.4. The van der Waals surface area contributed by atoms with Crippen LogP contribution in [-0.2, 0) is 31.6 Å². The van der Waals surface area contributed by atoms with E-state index in [2.05, 4.69) is 10.3 Å². The van der Waals surface area contributed by atoms with Gasteiger partial charge in [0.05, 0.1) is 32.2 Å². The average molecular weight is 621 g/mol. The highest BCUT2D eigenvalue weighted by Crippen LogP contribution is 2.38. The fourth-order valence-electron chi connectivity index (χ4n) is 5.64. The summed E-state index contributed by atoms with van der Waals surface area (Å²) >= 11 is 0. The van der Waals surface area contributed by atoms with Crippen LogP contribution in [0.25, 0.3) is 11.0 Å². The molecule has 0 saturated carbocycles. The van der Waals surface area contributed by atoms with Gasteiger partial charge in [0, 0.05) is 12.5 Å². The molecule has 1 aliphatic rings. The number of hydrogen-bond acceptors (Lipinski definition) is 8. The molecule has 2 heterocycles. The average Bonchev–Trinajstić information content (AvgIpc) is 3.38. The zero-order chi connectivity index (χ0) is 31.8. The van der Waals surface area contributed by atoms with Gasteiger partial charge in [0.25, 0.3) is 0 Å². The molecule has 11 heteroatoms. The third kappa shape index (κ3) is 6.16. The van der Waals surface area contributed by atoms with Crippen molar-refractivity contribution < 1.29 is 27.4 Å². The first-order valence-electron chi connectivity index (χ1n) is 14.8. The monoisotopic (exact) mass is 620 g/mol. The highest BCUT2D eigenvalue weighted by molar-refractivity contribution is 7.89. The first-order chi connectivity index (χ1) is 20.8. The van der Waals surface area contributed by atoms with Crippen LogP contribution in [0.15, 0.2) is 59.5 Å². The summed E-state index contributed by atoms with van der Waals surface area (Å²) in [5.74, 6) is 0.210. The van der Waals surface area contributed by atoms with Gasteiger partial charge in [-0.05, 0) is 88.1 Å². The van der Waals surface area contributed by atoms with E-state index in [4.69, 9.17) is 14.2 Å². The number of hydrogen-bond donors (Lipinski definition) is 0. The summed E-state index contributed by atoms with van der Waals surface area (Å²) in [6.07, 6.45) is -0.257. The van der Waals surface area contributed by atoms with Gasteiger partial charge < -0.3 is 14.2 Å². The van der Waals surface area contributed by atoms with E-state index in [1.807, 2.05) is 69.6 Å². The van der Waals surface area contributed by atoms with Crippen LogP contribution in [0.5, 0.6) is 11.5 Å². The minimum Gasteiger partial charge on any atom is -0.494 e. The summed E-state index contributed by atoms with van der Waals surface area (Å²) in [4.78, 5) is 13.1. The second kappa shape index (κ2) is 12.2. The molecule has 0 bridgehead atoms. The SMILES string of the molecule is CCOC(=O)C[C@@H](c1ccc(C)c(CN2C[C@@H](C)Oc3ccccc3S2(=O)=O)c1)c1cc(OC)c2c(c1)nnn2C(C)(C)C. The number of benzene rings is 3. The van der Waals surface area contributed by atoms with E-state index < -0.39 is 15.9 Å². The number of ether oxygens (including phenoxy) is 3. The Balaban J connectivity index is 1.58. The fraction of sp³-hybridized carbons (Fsp3) is 0.424. The summed E-state index contributed by atoms with van der Waals surface area (Å²) in [7, 11) is -2.22. The van der Waals surface area contributed by atoms with E-state index in [0.29, 0.717) is 17.0 Å². The van der Waals surface area contributed by atoms with E-state index in [1.54, 1.807) is 38.3 Å². The largest absolute Gasteiger partial charge is 0.494 e. The molecule has 0 unspecified atom stereocenters. The number of aromatic nitrogens is 3. The number of sulfonamides is 1. The van der Waals surface area contributed by atoms with Crippen molar-refractivity contribution in [1.82, 2.24) is 19.3 Å². The van der Waals surface area contributed by atoms with Crippen molar-refractivity contribution >= 4 is 27.0 Å². The number of esters is 1. The summed E-state index contributed by atoms with van der Waals surface area (Å²) in [5, 5.41) is 8.83. The number of methoxy groups -OCH3 is 1. The second-order valence-corrected chi connectivity index (χ2v) is 14.1. The third-order valence-electron chi connectivity index (χ3n) is 7.84. The molecule has 1 aliphatic heterocycles. The standard InChI is InChI=1S/C33H40N4O6S/c1-8-42-31(38)18-26(24-16-27-32(29(17-24)41-7)37(35-34-27)33(4,5)6)23-14-13-21(2)25(15-23)20-36-19-22(3)43-28-11-9-10-12-30(28)44(36,39)40/h9-17,22,26H,8,18-20H2,1-7H3/t22-,26+/m1/s1. The summed E-state index contributed by atoms with van der Waals surface area (Å²) in [6, 6.07) is 16.5. The van der Waals surface area contributed by atoms with E-state index in [-0.39, 0.29) is 48.6 Å². The number of rotatable bonds is 8. The molecule has 234 valence electrons. The van der Waals surface area contributed by atoms with Gasteiger partial charge in [-0.1, -0.05) is 35.5 Å². The summed E-state index contributed by atoms with van der Waals surface area (Å²) < 4.78 is 48.0. The number of fused-ring (bicyclic) bond motifs is 2. The van der Waals surface area contributed by atoms with Crippen molar-refractivity contribution in [1.29, 1.82) is 0 Å². The highest BCUT2D eigenvalue weighted by Gasteiger charge is 2.34. The molecule has 0 N–H and O–H groups in total. The Morgan fingerprint density at radius 2 is 1.86 bits per heavy atom. The number of para-hydroxylation sites is 1. The van der Waals surface area contributed by atoms with E-state index in [9.17, 15) is 13.2 Å². The summed E-state index contributed by atoms with van der Waals surface area (Å²) in [5.41, 5.74) is 4.53. The number of carbonyl (C=O) groups excluding carboxylic acids is 1. The molecule has 0 aliphatic carbocycles. The van der Waals surface area contributed by atoms with Gasteiger partial charge in [0.1, 0.15) is 33.5 Å². The Labute approximate surface area is 259 Å². The molecule has 10 nitrogen and oxygen atoms in total. The highest BCUT2D eigenvalue weighted by atomic mass is 32.2. The molecule has 2 atom stereocenters. The molecule has 5 rings (SSSR count). The lowest BCUT2D eigenvalue weighted by atomic mass is 9.86. The second-order valence-electron chi connectivity index (χ2n) is 12.2. The number of carbonyl (C=O) groups is 1. The maximum absolute atomic E-state index is 13.8. The first kappa shape index (κ1) is 31.5. The molecule has 1 aromatic heterocycles. The van der Waals surface area contributed by atoms with Gasteiger partial charge >= 0.3 is 5.97 Å². The van der Waals surface area contributed by atoms with Gasteiger partial charge in [0.15, 0.2) is 0 Å². The zero-order valence-electron chi connectivity index (χ0n) is 26.3. The maximum atomic E-state index is 13.8. The van der Waals surface area contributed by atoms with E-state index in [1.165, 1.54) is 4.31 Å².